The summed E-state index contributed by atoms with van der Waals surface area (Å²) in [6, 6.07) is 8.07. The standard InChI is InChI=1S/C15H23N3O/c1-11(16-3)12-5-4-6-13(9-12)18-14(19)17-10-15(2)7-8-15/h4-6,9,11,16H,7-8,10H2,1-3H3,(H2,17,18,19). The summed E-state index contributed by atoms with van der Waals surface area (Å²) in [5.74, 6) is 0. The third kappa shape index (κ3) is 3.96. The van der Waals surface area contributed by atoms with Crippen LogP contribution in [0.1, 0.15) is 38.3 Å². The highest BCUT2D eigenvalue weighted by molar-refractivity contribution is 5.89. The minimum absolute atomic E-state index is 0.123. The summed E-state index contributed by atoms with van der Waals surface area (Å²) in [7, 11) is 1.92. The molecule has 0 saturated heterocycles. The summed E-state index contributed by atoms with van der Waals surface area (Å²) in [6.07, 6.45) is 2.42. The molecule has 0 heterocycles. The van der Waals surface area contributed by atoms with Crippen LogP contribution in [0, 0.1) is 5.41 Å². The Labute approximate surface area is 115 Å². The SMILES string of the molecule is CNC(C)c1cccc(NC(=O)NCC2(C)CC2)c1. The molecular weight excluding hydrogens is 238 g/mol. The van der Waals surface area contributed by atoms with Gasteiger partial charge in [-0.15, -0.1) is 0 Å². The summed E-state index contributed by atoms with van der Waals surface area (Å²) in [4.78, 5) is 11.8. The van der Waals surface area contributed by atoms with E-state index in [1.165, 1.54) is 12.8 Å². The zero-order chi connectivity index (χ0) is 13.9. The van der Waals surface area contributed by atoms with E-state index in [0.717, 1.165) is 17.8 Å². The molecular formula is C15H23N3O. The fourth-order valence-corrected chi connectivity index (χ4v) is 1.91. The highest BCUT2D eigenvalue weighted by Gasteiger charge is 2.37. The van der Waals surface area contributed by atoms with Gasteiger partial charge in [0.15, 0.2) is 0 Å². The number of hydrogen-bond acceptors (Lipinski definition) is 2. The molecule has 0 radical (unpaired) electrons. The Balaban J connectivity index is 1.89. The number of carbonyl (C=O) groups excluding carboxylic acids is 1. The molecule has 2 amide bonds. The van der Waals surface area contributed by atoms with E-state index in [0.29, 0.717) is 5.41 Å². The molecule has 1 unspecified atom stereocenters. The monoisotopic (exact) mass is 261 g/mol. The molecule has 0 bridgehead atoms. The first-order chi connectivity index (χ1) is 9.02. The van der Waals surface area contributed by atoms with E-state index in [4.69, 9.17) is 0 Å². The van der Waals surface area contributed by atoms with Crippen molar-refractivity contribution in [2.45, 2.75) is 32.7 Å². The van der Waals surface area contributed by atoms with Crippen molar-refractivity contribution in [1.82, 2.24) is 10.6 Å². The van der Waals surface area contributed by atoms with Crippen molar-refractivity contribution in [2.24, 2.45) is 5.41 Å². The van der Waals surface area contributed by atoms with E-state index < -0.39 is 0 Å². The largest absolute Gasteiger partial charge is 0.337 e. The number of benzene rings is 1. The van der Waals surface area contributed by atoms with E-state index in [9.17, 15) is 4.79 Å². The number of hydrogen-bond donors (Lipinski definition) is 3. The third-order valence-corrected chi connectivity index (χ3v) is 3.86. The molecule has 1 aliphatic carbocycles. The molecule has 1 aromatic rings. The Hall–Kier alpha value is -1.55. The van der Waals surface area contributed by atoms with Crippen molar-refractivity contribution in [3.8, 4) is 0 Å². The van der Waals surface area contributed by atoms with Crippen LogP contribution in [-0.4, -0.2) is 19.6 Å². The van der Waals surface area contributed by atoms with Crippen LogP contribution in [0.2, 0.25) is 0 Å². The molecule has 4 nitrogen and oxygen atoms in total. The molecule has 4 heteroatoms. The zero-order valence-corrected chi connectivity index (χ0v) is 11.9. The predicted octanol–water partition coefficient (Wildman–Crippen LogP) is 2.89. The van der Waals surface area contributed by atoms with Crippen LogP contribution < -0.4 is 16.0 Å². The van der Waals surface area contributed by atoms with E-state index in [-0.39, 0.29) is 12.1 Å². The van der Waals surface area contributed by atoms with Gasteiger partial charge in [0.25, 0.3) is 0 Å². The fraction of sp³-hybridized carbons (Fsp3) is 0.533. The van der Waals surface area contributed by atoms with Gasteiger partial charge in [-0.1, -0.05) is 19.1 Å². The van der Waals surface area contributed by atoms with Gasteiger partial charge in [0.1, 0.15) is 0 Å². The number of anilines is 1. The third-order valence-electron chi connectivity index (χ3n) is 3.86. The summed E-state index contributed by atoms with van der Waals surface area (Å²) in [6.45, 7) is 5.04. The van der Waals surface area contributed by atoms with Crippen LogP contribution in [0.4, 0.5) is 10.5 Å². The highest BCUT2D eigenvalue weighted by Crippen LogP contribution is 2.43. The van der Waals surface area contributed by atoms with Gasteiger partial charge in [-0.3, -0.25) is 0 Å². The first kappa shape index (κ1) is 13.9. The molecule has 2 rings (SSSR count). The Morgan fingerprint density at radius 2 is 2.16 bits per heavy atom. The van der Waals surface area contributed by atoms with E-state index >= 15 is 0 Å². The summed E-state index contributed by atoms with van der Waals surface area (Å²) < 4.78 is 0. The lowest BCUT2D eigenvalue weighted by Crippen LogP contribution is -2.33. The molecule has 0 aromatic heterocycles. The first-order valence-corrected chi connectivity index (χ1v) is 6.84. The van der Waals surface area contributed by atoms with Gasteiger partial charge in [-0.05, 0) is 49.9 Å². The molecule has 1 fully saturated rings. The van der Waals surface area contributed by atoms with Crippen LogP contribution in [-0.2, 0) is 0 Å². The van der Waals surface area contributed by atoms with Gasteiger partial charge < -0.3 is 16.0 Å². The topological polar surface area (TPSA) is 53.2 Å². The van der Waals surface area contributed by atoms with E-state index in [1.807, 2.05) is 25.2 Å². The summed E-state index contributed by atoms with van der Waals surface area (Å²) in [5, 5.41) is 9.00. The van der Waals surface area contributed by atoms with E-state index in [2.05, 4.69) is 35.9 Å². The maximum absolute atomic E-state index is 11.8. The average Bonchev–Trinajstić information content (AvgIpc) is 3.14. The normalized spacial score (nSPS) is 17.6. The molecule has 19 heavy (non-hydrogen) atoms. The lowest BCUT2D eigenvalue weighted by molar-refractivity contribution is 0.250. The Bertz CT molecular complexity index is 454. The smallest absolute Gasteiger partial charge is 0.319 e. The minimum Gasteiger partial charge on any atom is -0.337 e. The average molecular weight is 261 g/mol. The van der Waals surface area contributed by atoms with Crippen LogP contribution in [0.3, 0.4) is 0 Å². The van der Waals surface area contributed by atoms with Crippen molar-refractivity contribution in [3.05, 3.63) is 29.8 Å². The maximum atomic E-state index is 11.8. The van der Waals surface area contributed by atoms with Gasteiger partial charge in [0, 0.05) is 18.3 Å². The fourth-order valence-electron chi connectivity index (χ4n) is 1.91. The lowest BCUT2D eigenvalue weighted by Gasteiger charge is -2.14. The number of nitrogens with one attached hydrogen (secondary N) is 3. The molecule has 3 N–H and O–H groups in total. The van der Waals surface area contributed by atoms with Crippen molar-refractivity contribution in [2.75, 3.05) is 18.9 Å². The molecule has 1 atom stereocenters. The van der Waals surface area contributed by atoms with E-state index in [1.54, 1.807) is 0 Å². The van der Waals surface area contributed by atoms with Crippen LogP contribution in [0.25, 0.3) is 0 Å². The molecule has 1 saturated carbocycles. The molecule has 1 aromatic carbocycles. The van der Waals surface area contributed by atoms with Crippen molar-refractivity contribution in [3.63, 3.8) is 0 Å². The lowest BCUT2D eigenvalue weighted by atomic mass is 10.1. The Morgan fingerprint density at radius 3 is 2.79 bits per heavy atom. The van der Waals surface area contributed by atoms with Crippen LogP contribution >= 0.6 is 0 Å². The minimum atomic E-state index is -0.123. The van der Waals surface area contributed by atoms with Crippen molar-refractivity contribution < 1.29 is 4.79 Å². The highest BCUT2D eigenvalue weighted by atomic mass is 16.2. The second-order valence-electron chi connectivity index (χ2n) is 5.75. The van der Waals surface area contributed by atoms with Gasteiger partial charge in [0.05, 0.1) is 0 Å². The van der Waals surface area contributed by atoms with Gasteiger partial charge in [-0.25, -0.2) is 4.79 Å². The number of carbonyl (C=O) groups is 1. The second kappa shape index (κ2) is 5.61. The zero-order valence-electron chi connectivity index (χ0n) is 11.9. The van der Waals surface area contributed by atoms with Gasteiger partial charge >= 0.3 is 6.03 Å². The molecule has 1 aliphatic rings. The number of rotatable bonds is 5. The predicted molar refractivity (Wildman–Crippen MR) is 78.3 cm³/mol. The van der Waals surface area contributed by atoms with Gasteiger partial charge in [-0.2, -0.15) is 0 Å². The van der Waals surface area contributed by atoms with Crippen LogP contribution in [0.5, 0.6) is 0 Å². The van der Waals surface area contributed by atoms with Crippen LogP contribution in [0.15, 0.2) is 24.3 Å². The number of urea groups is 1. The van der Waals surface area contributed by atoms with Crippen molar-refractivity contribution in [1.29, 1.82) is 0 Å². The molecule has 0 spiro atoms. The second-order valence-corrected chi connectivity index (χ2v) is 5.75. The maximum Gasteiger partial charge on any atom is 0.319 e. The molecule has 0 aliphatic heterocycles. The Kier molecular flexibility index (Phi) is 4.10. The first-order valence-electron chi connectivity index (χ1n) is 6.84. The number of amides is 2. The van der Waals surface area contributed by atoms with Gasteiger partial charge in [0.2, 0.25) is 0 Å². The summed E-state index contributed by atoms with van der Waals surface area (Å²) >= 11 is 0. The quantitative estimate of drug-likeness (QED) is 0.763. The summed E-state index contributed by atoms with van der Waals surface area (Å²) in [5.41, 5.74) is 2.33. The molecule has 104 valence electrons. The Morgan fingerprint density at radius 1 is 1.42 bits per heavy atom. The van der Waals surface area contributed by atoms with Crippen molar-refractivity contribution >= 4 is 11.7 Å².